The number of aliphatic imine (C=N–C) groups is 1. The van der Waals surface area contributed by atoms with Gasteiger partial charge in [0.15, 0.2) is 5.96 Å². The lowest BCUT2D eigenvalue weighted by Gasteiger charge is -2.33. The second-order valence-electron chi connectivity index (χ2n) is 6.94. The zero-order valence-corrected chi connectivity index (χ0v) is 14.5. The first kappa shape index (κ1) is 18.6. The van der Waals surface area contributed by atoms with Gasteiger partial charge in [0.05, 0.1) is 0 Å². The highest BCUT2D eigenvalue weighted by Crippen LogP contribution is 2.19. The SMILES string of the molecule is CCCCNC(N)=NCC1CCCN(C(=O)OC(C)(C)C)C1. The fourth-order valence-electron chi connectivity index (χ4n) is 2.38. The molecule has 0 saturated carbocycles. The highest BCUT2D eigenvalue weighted by Gasteiger charge is 2.27. The summed E-state index contributed by atoms with van der Waals surface area (Å²) in [5, 5.41) is 3.11. The minimum atomic E-state index is -0.449. The molecule has 128 valence electrons. The van der Waals surface area contributed by atoms with Crippen molar-refractivity contribution in [2.75, 3.05) is 26.2 Å². The van der Waals surface area contributed by atoms with E-state index < -0.39 is 5.60 Å². The van der Waals surface area contributed by atoms with Crippen LogP contribution < -0.4 is 11.1 Å². The average molecular weight is 312 g/mol. The van der Waals surface area contributed by atoms with Crippen molar-refractivity contribution in [1.29, 1.82) is 0 Å². The lowest BCUT2D eigenvalue weighted by Crippen LogP contribution is -2.43. The van der Waals surface area contributed by atoms with Gasteiger partial charge in [-0.1, -0.05) is 13.3 Å². The maximum Gasteiger partial charge on any atom is 0.410 e. The summed E-state index contributed by atoms with van der Waals surface area (Å²) in [7, 11) is 0. The molecule has 1 aliphatic rings. The Balaban J connectivity index is 2.40. The van der Waals surface area contributed by atoms with E-state index in [9.17, 15) is 4.79 Å². The first-order chi connectivity index (χ1) is 10.3. The van der Waals surface area contributed by atoms with Gasteiger partial charge >= 0.3 is 6.09 Å². The van der Waals surface area contributed by atoms with Gasteiger partial charge in [-0.2, -0.15) is 0 Å². The predicted octanol–water partition coefficient (Wildman–Crippen LogP) is 2.34. The molecule has 1 saturated heterocycles. The van der Waals surface area contributed by atoms with E-state index in [4.69, 9.17) is 10.5 Å². The molecule has 0 aromatic heterocycles. The first-order valence-corrected chi connectivity index (χ1v) is 8.33. The number of amides is 1. The Bertz CT molecular complexity index is 377. The Labute approximate surface area is 134 Å². The quantitative estimate of drug-likeness (QED) is 0.464. The van der Waals surface area contributed by atoms with Gasteiger partial charge in [0.1, 0.15) is 5.60 Å². The summed E-state index contributed by atoms with van der Waals surface area (Å²) < 4.78 is 5.43. The maximum absolute atomic E-state index is 12.1. The number of nitrogens with two attached hydrogens (primary N) is 1. The number of guanidine groups is 1. The van der Waals surface area contributed by atoms with Crippen LogP contribution in [-0.4, -0.2) is 48.7 Å². The molecule has 0 aliphatic carbocycles. The molecule has 1 fully saturated rings. The molecule has 1 aliphatic heterocycles. The van der Waals surface area contributed by atoms with Gasteiger partial charge in [-0.25, -0.2) is 4.79 Å². The summed E-state index contributed by atoms with van der Waals surface area (Å²) in [5.74, 6) is 0.857. The molecule has 0 aromatic carbocycles. The number of ether oxygens (including phenoxy) is 1. The lowest BCUT2D eigenvalue weighted by molar-refractivity contribution is 0.0171. The normalized spacial score (nSPS) is 19.9. The van der Waals surface area contributed by atoms with Crippen LogP contribution in [-0.2, 0) is 4.74 Å². The molecule has 1 unspecified atom stereocenters. The third-order valence-corrected chi connectivity index (χ3v) is 3.53. The van der Waals surface area contributed by atoms with Crippen molar-refractivity contribution in [3.05, 3.63) is 0 Å². The Morgan fingerprint density at radius 2 is 2.18 bits per heavy atom. The summed E-state index contributed by atoms with van der Waals surface area (Å²) in [5.41, 5.74) is 5.39. The molecule has 0 spiro atoms. The lowest BCUT2D eigenvalue weighted by atomic mass is 9.98. The van der Waals surface area contributed by atoms with E-state index in [1.165, 1.54) is 0 Å². The molecule has 0 radical (unpaired) electrons. The average Bonchev–Trinajstić information content (AvgIpc) is 2.44. The van der Waals surface area contributed by atoms with Gasteiger partial charge in [-0.05, 0) is 46.0 Å². The van der Waals surface area contributed by atoms with Crippen LogP contribution in [0, 0.1) is 5.92 Å². The van der Waals surface area contributed by atoms with Crippen LogP contribution in [0.2, 0.25) is 0 Å². The number of unbranched alkanes of at least 4 members (excludes halogenated alkanes) is 1. The monoisotopic (exact) mass is 312 g/mol. The summed E-state index contributed by atoms with van der Waals surface area (Å²) in [6, 6.07) is 0. The number of carbonyl (C=O) groups excluding carboxylic acids is 1. The van der Waals surface area contributed by atoms with E-state index >= 15 is 0 Å². The number of carbonyl (C=O) groups is 1. The van der Waals surface area contributed by atoms with Gasteiger partial charge in [-0.3, -0.25) is 4.99 Å². The minimum absolute atomic E-state index is 0.227. The molecule has 1 atom stereocenters. The van der Waals surface area contributed by atoms with Gasteiger partial charge < -0.3 is 20.7 Å². The van der Waals surface area contributed by atoms with Gasteiger partial charge in [-0.15, -0.1) is 0 Å². The van der Waals surface area contributed by atoms with Crippen LogP contribution in [0.4, 0.5) is 4.79 Å². The minimum Gasteiger partial charge on any atom is -0.444 e. The van der Waals surface area contributed by atoms with Crippen molar-refractivity contribution in [2.24, 2.45) is 16.6 Å². The van der Waals surface area contributed by atoms with Crippen LogP contribution in [0.25, 0.3) is 0 Å². The molecule has 1 rings (SSSR count). The van der Waals surface area contributed by atoms with Crippen molar-refractivity contribution in [1.82, 2.24) is 10.2 Å². The van der Waals surface area contributed by atoms with E-state index in [0.717, 1.165) is 38.8 Å². The summed E-state index contributed by atoms with van der Waals surface area (Å²) in [6.45, 7) is 10.8. The second-order valence-corrected chi connectivity index (χ2v) is 6.94. The molecule has 0 bridgehead atoms. The fraction of sp³-hybridized carbons (Fsp3) is 0.875. The topological polar surface area (TPSA) is 80.0 Å². The molecule has 22 heavy (non-hydrogen) atoms. The predicted molar refractivity (Wildman–Crippen MR) is 89.9 cm³/mol. The highest BCUT2D eigenvalue weighted by atomic mass is 16.6. The Hall–Kier alpha value is -1.46. The molecule has 3 N–H and O–H groups in total. The molecular weight excluding hydrogens is 280 g/mol. The van der Waals surface area contributed by atoms with Crippen molar-refractivity contribution in [2.45, 2.75) is 59.0 Å². The number of likely N-dealkylation sites (tertiary alicyclic amines) is 1. The summed E-state index contributed by atoms with van der Waals surface area (Å²) in [6.07, 6.45) is 4.06. The van der Waals surface area contributed by atoms with Crippen LogP contribution in [0.3, 0.4) is 0 Å². The number of hydrogen-bond acceptors (Lipinski definition) is 3. The van der Waals surface area contributed by atoms with Crippen LogP contribution in [0.5, 0.6) is 0 Å². The molecular formula is C16H32N4O2. The molecule has 6 heteroatoms. The van der Waals surface area contributed by atoms with Gasteiger partial charge in [0.25, 0.3) is 0 Å². The van der Waals surface area contributed by atoms with Crippen LogP contribution in [0.15, 0.2) is 4.99 Å². The number of nitrogens with zero attached hydrogens (tertiary/aromatic N) is 2. The van der Waals surface area contributed by atoms with E-state index in [0.29, 0.717) is 25.0 Å². The van der Waals surface area contributed by atoms with Crippen molar-refractivity contribution in [3.63, 3.8) is 0 Å². The third-order valence-electron chi connectivity index (χ3n) is 3.53. The Kier molecular flexibility index (Phi) is 7.48. The molecule has 6 nitrogen and oxygen atoms in total. The van der Waals surface area contributed by atoms with E-state index in [2.05, 4.69) is 17.2 Å². The molecule has 1 heterocycles. The molecule has 1 amide bonds. The Morgan fingerprint density at radius 1 is 1.45 bits per heavy atom. The van der Waals surface area contributed by atoms with E-state index in [1.54, 1.807) is 4.90 Å². The van der Waals surface area contributed by atoms with Crippen molar-refractivity contribution < 1.29 is 9.53 Å². The zero-order valence-electron chi connectivity index (χ0n) is 14.5. The Morgan fingerprint density at radius 3 is 2.82 bits per heavy atom. The van der Waals surface area contributed by atoms with Crippen LogP contribution >= 0.6 is 0 Å². The van der Waals surface area contributed by atoms with E-state index in [1.807, 2.05) is 20.8 Å². The number of hydrogen-bond donors (Lipinski definition) is 2. The molecule has 0 aromatic rings. The summed E-state index contributed by atoms with van der Waals surface area (Å²) in [4.78, 5) is 18.3. The highest BCUT2D eigenvalue weighted by molar-refractivity contribution is 5.77. The first-order valence-electron chi connectivity index (χ1n) is 8.33. The third kappa shape index (κ3) is 7.52. The van der Waals surface area contributed by atoms with Crippen LogP contribution in [0.1, 0.15) is 53.4 Å². The summed E-state index contributed by atoms with van der Waals surface area (Å²) >= 11 is 0. The van der Waals surface area contributed by atoms with E-state index in [-0.39, 0.29) is 6.09 Å². The number of piperidine rings is 1. The smallest absolute Gasteiger partial charge is 0.410 e. The number of nitrogens with one attached hydrogen (secondary N) is 1. The number of rotatable bonds is 5. The van der Waals surface area contributed by atoms with Crippen molar-refractivity contribution in [3.8, 4) is 0 Å². The van der Waals surface area contributed by atoms with Gasteiger partial charge in [0.2, 0.25) is 0 Å². The fourth-order valence-corrected chi connectivity index (χ4v) is 2.38. The zero-order chi connectivity index (χ0) is 16.6. The maximum atomic E-state index is 12.1. The largest absolute Gasteiger partial charge is 0.444 e. The van der Waals surface area contributed by atoms with Crippen molar-refractivity contribution >= 4 is 12.1 Å². The second kappa shape index (κ2) is 8.86. The van der Waals surface area contributed by atoms with Gasteiger partial charge in [0, 0.05) is 26.2 Å². The standard InChI is InChI=1S/C16H32N4O2/c1-5-6-9-18-14(17)19-11-13-8-7-10-20(12-13)15(21)22-16(2,3)4/h13H,5-12H2,1-4H3,(H3,17,18,19).